The minimum atomic E-state index is -0.845. The molecule has 84 valence electrons. The standard InChI is InChI=1S/C10H14O5/c1-6(14-7(2)11)5-8(12)9-3-4-10(13)15-9/h3-4,6,8-9,12H,5H2,1-2H3/t6-,8+,9+/m1/s1. The quantitative estimate of drug-likeness (QED) is 0.675. The highest BCUT2D eigenvalue weighted by atomic mass is 16.6. The van der Waals surface area contributed by atoms with Crippen molar-refractivity contribution in [3.63, 3.8) is 0 Å². The molecule has 3 atom stereocenters. The SMILES string of the molecule is CC(=O)O[C@H](C)C[C@H](O)[C@@H]1C=CC(=O)O1. The minimum absolute atomic E-state index is 0.238. The molecule has 1 aliphatic heterocycles. The van der Waals surface area contributed by atoms with E-state index in [0.29, 0.717) is 0 Å². The fourth-order valence-corrected chi connectivity index (χ4v) is 1.40. The molecule has 5 heteroatoms. The number of hydrogen-bond acceptors (Lipinski definition) is 5. The maximum absolute atomic E-state index is 10.7. The van der Waals surface area contributed by atoms with Crippen LogP contribution >= 0.6 is 0 Å². The lowest BCUT2D eigenvalue weighted by atomic mass is 10.1. The predicted octanol–water partition coefficient (Wildman–Crippen LogP) is 0.171. The molecule has 0 unspecified atom stereocenters. The zero-order valence-electron chi connectivity index (χ0n) is 8.67. The van der Waals surface area contributed by atoms with Crippen molar-refractivity contribution in [2.75, 3.05) is 0 Å². The first-order valence-corrected chi connectivity index (χ1v) is 4.73. The van der Waals surface area contributed by atoms with Crippen molar-refractivity contribution >= 4 is 11.9 Å². The van der Waals surface area contributed by atoms with E-state index in [4.69, 9.17) is 9.47 Å². The van der Waals surface area contributed by atoms with E-state index in [2.05, 4.69) is 0 Å². The van der Waals surface area contributed by atoms with Gasteiger partial charge in [0.1, 0.15) is 12.2 Å². The van der Waals surface area contributed by atoms with E-state index in [1.807, 2.05) is 0 Å². The number of ether oxygens (including phenoxy) is 2. The lowest BCUT2D eigenvalue weighted by Gasteiger charge is -2.19. The van der Waals surface area contributed by atoms with E-state index in [1.165, 1.54) is 19.1 Å². The van der Waals surface area contributed by atoms with Crippen molar-refractivity contribution in [1.29, 1.82) is 0 Å². The van der Waals surface area contributed by atoms with Crippen molar-refractivity contribution in [3.8, 4) is 0 Å². The highest BCUT2D eigenvalue weighted by Gasteiger charge is 2.26. The van der Waals surface area contributed by atoms with Gasteiger partial charge < -0.3 is 14.6 Å². The summed E-state index contributed by atoms with van der Waals surface area (Å²) in [5.74, 6) is -0.854. The summed E-state index contributed by atoms with van der Waals surface area (Å²) in [7, 11) is 0. The summed E-state index contributed by atoms with van der Waals surface area (Å²) >= 11 is 0. The zero-order valence-corrected chi connectivity index (χ0v) is 8.67. The van der Waals surface area contributed by atoms with Gasteiger partial charge in [0.2, 0.25) is 0 Å². The highest BCUT2D eigenvalue weighted by Crippen LogP contribution is 2.14. The van der Waals surface area contributed by atoms with Gasteiger partial charge in [0.05, 0.1) is 6.10 Å². The van der Waals surface area contributed by atoms with Gasteiger partial charge in [-0.3, -0.25) is 4.79 Å². The van der Waals surface area contributed by atoms with Crippen molar-refractivity contribution < 1.29 is 24.2 Å². The second-order valence-electron chi connectivity index (χ2n) is 3.48. The van der Waals surface area contributed by atoms with Gasteiger partial charge in [-0.2, -0.15) is 0 Å². The van der Waals surface area contributed by atoms with Crippen LogP contribution < -0.4 is 0 Å². The van der Waals surface area contributed by atoms with E-state index >= 15 is 0 Å². The summed E-state index contributed by atoms with van der Waals surface area (Å²) in [6.07, 6.45) is 1.13. The van der Waals surface area contributed by atoms with Crippen LogP contribution in [0.4, 0.5) is 0 Å². The largest absolute Gasteiger partial charge is 0.463 e. The van der Waals surface area contributed by atoms with E-state index in [9.17, 15) is 14.7 Å². The van der Waals surface area contributed by atoms with Crippen LogP contribution in [0, 0.1) is 0 Å². The number of aliphatic hydroxyl groups excluding tert-OH is 1. The van der Waals surface area contributed by atoms with Crippen molar-refractivity contribution in [2.24, 2.45) is 0 Å². The Morgan fingerprint density at radius 2 is 2.40 bits per heavy atom. The first-order chi connectivity index (χ1) is 6.99. The van der Waals surface area contributed by atoms with Crippen LogP contribution in [0.5, 0.6) is 0 Å². The van der Waals surface area contributed by atoms with Gasteiger partial charge in [-0.25, -0.2) is 4.79 Å². The van der Waals surface area contributed by atoms with Crippen LogP contribution in [0.3, 0.4) is 0 Å². The molecule has 0 radical (unpaired) electrons. The first-order valence-electron chi connectivity index (χ1n) is 4.73. The number of rotatable bonds is 4. The molecule has 0 aromatic carbocycles. The average Bonchev–Trinajstić information content (AvgIpc) is 2.49. The topological polar surface area (TPSA) is 72.8 Å². The van der Waals surface area contributed by atoms with Crippen LogP contribution in [0.15, 0.2) is 12.2 Å². The molecular weight excluding hydrogens is 200 g/mol. The van der Waals surface area contributed by atoms with Gasteiger partial charge in [-0.05, 0) is 13.0 Å². The second kappa shape index (κ2) is 4.93. The molecule has 0 bridgehead atoms. The van der Waals surface area contributed by atoms with E-state index in [1.54, 1.807) is 6.92 Å². The van der Waals surface area contributed by atoms with Crippen LogP contribution in [0.2, 0.25) is 0 Å². The summed E-state index contributed by atoms with van der Waals surface area (Å²) in [4.78, 5) is 21.3. The average molecular weight is 214 g/mol. The van der Waals surface area contributed by atoms with Crippen molar-refractivity contribution in [3.05, 3.63) is 12.2 Å². The van der Waals surface area contributed by atoms with Crippen LogP contribution in [-0.2, 0) is 19.1 Å². The van der Waals surface area contributed by atoms with E-state index in [-0.39, 0.29) is 6.42 Å². The Labute approximate surface area is 87.7 Å². The molecule has 15 heavy (non-hydrogen) atoms. The van der Waals surface area contributed by atoms with E-state index < -0.39 is 30.3 Å². The second-order valence-corrected chi connectivity index (χ2v) is 3.48. The maximum Gasteiger partial charge on any atom is 0.331 e. The maximum atomic E-state index is 10.7. The Bertz CT molecular complexity index is 284. The molecule has 0 aromatic rings. The molecule has 1 aliphatic rings. The first kappa shape index (κ1) is 11.7. The third-order valence-corrected chi connectivity index (χ3v) is 1.99. The van der Waals surface area contributed by atoms with Gasteiger partial charge in [0, 0.05) is 19.4 Å². The van der Waals surface area contributed by atoms with Gasteiger partial charge in [-0.1, -0.05) is 0 Å². The minimum Gasteiger partial charge on any atom is -0.463 e. The summed E-state index contributed by atoms with van der Waals surface area (Å²) in [5.41, 5.74) is 0. The third kappa shape index (κ3) is 3.71. The molecule has 1 heterocycles. The number of cyclic esters (lactones) is 1. The predicted molar refractivity (Wildman–Crippen MR) is 50.9 cm³/mol. The molecule has 0 spiro atoms. The number of hydrogen-bond donors (Lipinski definition) is 1. The molecule has 1 N–H and O–H groups in total. The van der Waals surface area contributed by atoms with E-state index in [0.717, 1.165) is 0 Å². The molecule has 1 rings (SSSR count). The molecule has 0 amide bonds. The number of aliphatic hydroxyl groups is 1. The summed E-state index contributed by atoms with van der Waals surface area (Å²) in [6, 6.07) is 0. The number of esters is 2. The van der Waals surface area contributed by atoms with Crippen LogP contribution in [0.1, 0.15) is 20.3 Å². The van der Waals surface area contributed by atoms with Crippen LogP contribution in [0.25, 0.3) is 0 Å². The van der Waals surface area contributed by atoms with Crippen molar-refractivity contribution in [1.82, 2.24) is 0 Å². The molecule has 0 aliphatic carbocycles. The Morgan fingerprint density at radius 1 is 1.73 bits per heavy atom. The summed E-state index contributed by atoms with van der Waals surface area (Å²) < 4.78 is 9.63. The lowest BCUT2D eigenvalue weighted by Crippen LogP contribution is -2.30. The van der Waals surface area contributed by atoms with Gasteiger partial charge >= 0.3 is 11.9 Å². The monoisotopic (exact) mass is 214 g/mol. The van der Waals surface area contributed by atoms with Gasteiger partial charge in [0.25, 0.3) is 0 Å². The Balaban J connectivity index is 2.35. The normalized spacial score (nSPS) is 23.4. The number of carbonyl (C=O) groups is 2. The van der Waals surface area contributed by atoms with Gasteiger partial charge in [0.15, 0.2) is 0 Å². The van der Waals surface area contributed by atoms with Crippen LogP contribution in [-0.4, -0.2) is 35.4 Å². The Morgan fingerprint density at radius 3 is 2.87 bits per heavy atom. The smallest absolute Gasteiger partial charge is 0.331 e. The summed E-state index contributed by atoms with van der Waals surface area (Å²) in [5, 5.41) is 9.63. The third-order valence-electron chi connectivity index (χ3n) is 1.99. The highest BCUT2D eigenvalue weighted by molar-refractivity contribution is 5.84. The molecule has 0 saturated heterocycles. The van der Waals surface area contributed by atoms with Gasteiger partial charge in [-0.15, -0.1) is 0 Å². The molecular formula is C10H14O5. The molecule has 5 nitrogen and oxygen atoms in total. The zero-order chi connectivity index (χ0) is 11.4. The lowest BCUT2D eigenvalue weighted by molar-refractivity contribution is -0.150. The number of carbonyl (C=O) groups excluding carboxylic acids is 2. The fraction of sp³-hybridized carbons (Fsp3) is 0.600. The molecule has 0 aromatic heterocycles. The summed E-state index contributed by atoms with van der Waals surface area (Å²) in [6.45, 7) is 2.98. The van der Waals surface area contributed by atoms with Crippen molar-refractivity contribution in [2.45, 2.75) is 38.6 Å². The molecule has 0 saturated carbocycles. The molecule has 0 fully saturated rings. The fourth-order valence-electron chi connectivity index (χ4n) is 1.40. The Kier molecular flexibility index (Phi) is 3.85. The Hall–Kier alpha value is -1.36.